The van der Waals surface area contributed by atoms with Crippen LogP contribution in [0.15, 0.2) is 53.4 Å². The Labute approximate surface area is 187 Å². The van der Waals surface area contributed by atoms with Crippen molar-refractivity contribution in [2.45, 2.75) is 31.2 Å². The molecule has 1 amide bonds. The number of amides is 1. The first-order chi connectivity index (χ1) is 15.0. The molecule has 2 N–H and O–H groups in total. The molecule has 2 aromatic rings. The molecule has 0 aliphatic heterocycles. The molecule has 0 aliphatic rings. The predicted octanol–water partition coefficient (Wildman–Crippen LogP) is 2.71. The molecule has 0 saturated heterocycles. The number of anilines is 1. The quantitative estimate of drug-likeness (QED) is 0.551. The van der Waals surface area contributed by atoms with Crippen molar-refractivity contribution in [3.63, 3.8) is 0 Å². The monoisotopic (exact) mass is 459 g/mol. The molecule has 32 heavy (non-hydrogen) atoms. The summed E-state index contributed by atoms with van der Waals surface area (Å²) >= 11 is 0. The number of benzene rings is 2. The Balaban J connectivity index is 2.11. The van der Waals surface area contributed by atoms with E-state index in [0.29, 0.717) is 5.75 Å². The molecule has 0 radical (unpaired) electrons. The summed E-state index contributed by atoms with van der Waals surface area (Å²) in [5.41, 5.74) is -0.917. The SMILES string of the molecule is COc1ccccc1NS(=O)(=O)c1cccc(C(=O)OCC(=O)NC(C)(C#N)C(C)C)c1. The summed E-state index contributed by atoms with van der Waals surface area (Å²) in [6, 6.07) is 13.7. The van der Waals surface area contributed by atoms with Crippen LogP contribution in [0.3, 0.4) is 0 Å². The van der Waals surface area contributed by atoms with Crippen molar-refractivity contribution >= 4 is 27.6 Å². The highest BCUT2D eigenvalue weighted by atomic mass is 32.2. The van der Waals surface area contributed by atoms with E-state index in [9.17, 15) is 23.3 Å². The Kier molecular flexibility index (Phi) is 7.83. The average Bonchev–Trinajstić information content (AvgIpc) is 2.77. The fourth-order valence-electron chi connectivity index (χ4n) is 2.56. The van der Waals surface area contributed by atoms with Gasteiger partial charge in [-0.05, 0) is 43.2 Å². The highest BCUT2D eigenvalue weighted by Crippen LogP contribution is 2.26. The maximum Gasteiger partial charge on any atom is 0.338 e. The highest BCUT2D eigenvalue weighted by Gasteiger charge is 2.30. The third-order valence-corrected chi connectivity index (χ3v) is 6.21. The van der Waals surface area contributed by atoms with Crippen molar-refractivity contribution in [1.29, 1.82) is 5.26 Å². The molecule has 0 saturated carbocycles. The molecule has 1 unspecified atom stereocenters. The number of sulfonamides is 1. The van der Waals surface area contributed by atoms with Crippen molar-refractivity contribution in [1.82, 2.24) is 5.32 Å². The van der Waals surface area contributed by atoms with Crippen LogP contribution in [0.2, 0.25) is 0 Å². The highest BCUT2D eigenvalue weighted by molar-refractivity contribution is 7.92. The number of nitrogens with one attached hydrogen (secondary N) is 2. The lowest BCUT2D eigenvalue weighted by Gasteiger charge is -2.27. The summed E-state index contributed by atoms with van der Waals surface area (Å²) in [5, 5.41) is 11.8. The summed E-state index contributed by atoms with van der Waals surface area (Å²) in [5.74, 6) is -1.34. The van der Waals surface area contributed by atoms with Gasteiger partial charge >= 0.3 is 5.97 Å². The van der Waals surface area contributed by atoms with Crippen molar-refractivity contribution in [2.75, 3.05) is 18.4 Å². The molecule has 0 aromatic heterocycles. The average molecular weight is 460 g/mol. The Morgan fingerprint density at radius 1 is 1.16 bits per heavy atom. The minimum atomic E-state index is -4.02. The van der Waals surface area contributed by atoms with Gasteiger partial charge < -0.3 is 14.8 Å². The van der Waals surface area contributed by atoms with Crippen LogP contribution < -0.4 is 14.8 Å². The fourth-order valence-corrected chi connectivity index (χ4v) is 3.68. The zero-order valence-corrected chi connectivity index (χ0v) is 19.0. The van der Waals surface area contributed by atoms with Crippen LogP contribution >= 0.6 is 0 Å². The van der Waals surface area contributed by atoms with Gasteiger partial charge in [0.1, 0.15) is 11.3 Å². The fraction of sp³-hybridized carbons (Fsp3) is 0.318. The lowest BCUT2D eigenvalue weighted by atomic mass is 9.90. The number of hydrogen-bond acceptors (Lipinski definition) is 7. The van der Waals surface area contributed by atoms with Crippen LogP contribution in [0, 0.1) is 17.2 Å². The summed E-state index contributed by atoms with van der Waals surface area (Å²) in [6.07, 6.45) is 0. The number of methoxy groups -OCH3 is 1. The lowest BCUT2D eigenvalue weighted by Crippen LogP contribution is -2.50. The molecule has 9 nitrogen and oxygen atoms in total. The first-order valence-electron chi connectivity index (χ1n) is 9.67. The Hall–Kier alpha value is -3.58. The number of carbonyl (C=O) groups is 2. The van der Waals surface area contributed by atoms with Crippen LogP contribution in [0.4, 0.5) is 5.69 Å². The molecule has 0 fully saturated rings. The van der Waals surface area contributed by atoms with Gasteiger partial charge in [-0.15, -0.1) is 0 Å². The number of hydrogen-bond donors (Lipinski definition) is 2. The number of carbonyl (C=O) groups excluding carboxylic acids is 2. The third-order valence-electron chi connectivity index (χ3n) is 4.85. The van der Waals surface area contributed by atoms with E-state index >= 15 is 0 Å². The van der Waals surface area contributed by atoms with Crippen molar-refractivity contribution in [3.05, 3.63) is 54.1 Å². The predicted molar refractivity (Wildman–Crippen MR) is 118 cm³/mol. The van der Waals surface area contributed by atoms with Crippen molar-refractivity contribution in [2.24, 2.45) is 5.92 Å². The van der Waals surface area contributed by atoms with E-state index < -0.39 is 34.0 Å². The second kappa shape index (κ2) is 10.2. The van der Waals surface area contributed by atoms with Gasteiger partial charge in [0.2, 0.25) is 0 Å². The number of para-hydroxylation sites is 2. The zero-order valence-electron chi connectivity index (χ0n) is 18.2. The van der Waals surface area contributed by atoms with E-state index in [1.54, 1.807) is 45.0 Å². The van der Waals surface area contributed by atoms with Gasteiger partial charge in [0.25, 0.3) is 15.9 Å². The van der Waals surface area contributed by atoms with Gasteiger partial charge in [-0.25, -0.2) is 13.2 Å². The second-order valence-corrected chi connectivity index (χ2v) is 9.11. The minimum Gasteiger partial charge on any atom is -0.495 e. The largest absolute Gasteiger partial charge is 0.495 e. The van der Waals surface area contributed by atoms with Gasteiger partial charge in [-0.3, -0.25) is 9.52 Å². The molecule has 0 aliphatic carbocycles. The van der Waals surface area contributed by atoms with Crippen molar-refractivity contribution in [3.8, 4) is 11.8 Å². The summed E-state index contributed by atoms with van der Waals surface area (Å²) in [4.78, 5) is 24.3. The number of ether oxygens (including phenoxy) is 2. The van der Waals surface area contributed by atoms with Gasteiger partial charge in [-0.1, -0.05) is 32.0 Å². The molecule has 10 heteroatoms. The number of esters is 1. The zero-order chi connectivity index (χ0) is 23.9. The third kappa shape index (κ3) is 5.98. The molecule has 170 valence electrons. The topological polar surface area (TPSA) is 135 Å². The summed E-state index contributed by atoms with van der Waals surface area (Å²) in [7, 11) is -2.61. The lowest BCUT2D eigenvalue weighted by molar-refractivity contribution is -0.125. The van der Waals surface area contributed by atoms with Gasteiger partial charge in [0.05, 0.1) is 29.3 Å². The smallest absolute Gasteiger partial charge is 0.338 e. The summed E-state index contributed by atoms with van der Waals surface area (Å²) < 4.78 is 38.0. The van der Waals surface area contributed by atoms with Gasteiger partial charge in [0, 0.05) is 0 Å². The summed E-state index contributed by atoms with van der Waals surface area (Å²) in [6.45, 7) is 4.51. The van der Waals surface area contributed by atoms with Crippen LogP contribution in [-0.2, 0) is 19.6 Å². The molecule has 0 bridgehead atoms. The van der Waals surface area contributed by atoms with E-state index in [1.165, 1.54) is 25.3 Å². The Morgan fingerprint density at radius 2 is 1.84 bits per heavy atom. The molecule has 2 aromatic carbocycles. The molecule has 0 heterocycles. The standard InChI is InChI=1S/C22H25N3O6S/c1-15(2)22(3,14-23)24-20(26)13-31-21(27)16-8-7-9-17(12-16)32(28,29)25-18-10-5-6-11-19(18)30-4/h5-12,15,25H,13H2,1-4H3,(H,24,26). The Bertz CT molecular complexity index is 1140. The minimum absolute atomic E-state index is 0.0485. The maximum atomic E-state index is 12.8. The molecular formula is C22H25N3O6S. The van der Waals surface area contributed by atoms with Crippen LogP contribution in [0.25, 0.3) is 0 Å². The van der Waals surface area contributed by atoms with Crippen LogP contribution in [-0.4, -0.2) is 39.5 Å². The molecule has 2 rings (SSSR count). The first-order valence-corrected chi connectivity index (χ1v) is 11.2. The van der Waals surface area contributed by atoms with E-state index in [-0.39, 0.29) is 22.1 Å². The maximum absolute atomic E-state index is 12.8. The molecule has 1 atom stereocenters. The molecule has 0 spiro atoms. The first kappa shape index (κ1) is 24.7. The van der Waals surface area contributed by atoms with E-state index in [4.69, 9.17) is 9.47 Å². The second-order valence-electron chi connectivity index (χ2n) is 7.43. The van der Waals surface area contributed by atoms with Gasteiger partial charge in [-0.2, -0.15) is 5.26 Å². The number of nitrogens with zero attached hydrogens (tertiary/aromatic N) is 1. The van der Waals surface area contributed by atoms with Gasteiger partial charge in [0.15, 0.2) is 6.61 Å². The number of rotatable bonds is 9. The van der Waals surface area contributed by atoms with E-state index in [0.717, 1.165) is 6.07 Å². The normalized spacial score (nSPS) is 12.9. The number of nitriles is 1. The van der Waals surface area contributed by atoms with Crippen LogP contribution in [0.5, 0.6) is 5.75 Å². The van der Waals surface area contributed by atoms with Crippen LogP contribution in [0.1, 0.15) is 31.1 Å². The van der Waals surface area contributed by atoms with E-state index in [1.807, 2.05) is 6.07 Å². The van der Waals surface area contributed by atoms with Crippen molar-refractivity contribution < 1.29 is 27.5 Å². The molecular weight excluding hydrogens is 434 g/mol. The Morgan fingerprint density at radius 3 is 2.47 bits per heavy atom. The van der Waals surface area contributed by atoms with E-state index in [2.05, 4.69) is 10.0 Å².